The Kier molecular flexibility index (Phi) is 4.22. The van der Waals surface area contributed by atoms with Gasteiger partial charge in [-0.1, -0.05) is 31.2 Å². The third-order valence-corrected chi connectivity index (χ3v) is 4.90. The van der Waals surface area contributed by atoms with Crippen molar-refractivity contribution in [1.82, 2.24) is 4.90 Å². The number of carbonyl (C=O) groups is 1. The number of carbonyl (C=O) groups excluding carboxylic acids is 1. The maximum atomic E-state index is 13.2. The average Bonchev–Trinajstić information content (AvgIpc) is 2.61. The molecule has 0 saturated carbocycles. The zero-order valence-corrected chi connectivity index (χ0v) is 14.7. The minimum Gasteiger partial charge on any atom is -0.497 e. The number of methoxy groups -OCH3 is 1. The Labute approximate surface area is 143 Å². The van der Waals surface area contributed by atoms with Crippen LogP contribution in [0.1, 0.15) is 43.1 Å². The van der Waals surface area contributed by atoms with Gasteiger partial charge in [0.25, 0.3) is 5.91 Å². The SMILES string of the molecule is CCC(C)N1C(=O)c2ccccc2NC1(C)c1cccc(OC)c1. The average molecular weight is 324 g/mol. The summed E-state index contributed by atoms with van der Waals surface area (Å²) < 4.78 is 5.38. The van der Waals surface area contributed by atoms with E-state index in [4.69, 9.17) is 4.74 Å². The molecule has 1 heterocycles. The molecule has 2 aromatic carbocycles. The van der Waals surface area contributed by atoms with Crippen molar-refractivity contribution < 1.29 is 9.53 Å². The highest BCUT2D eigenvalue weighted by atomic mass is 16.5. The molecule has 1 aliphatic rings. The van der Waals surface area contributed by atoms with Crippen molar-refractivity contribution in [2.75, 3.05) is 12.4 Å². The number of nitrogens with one attached hydrogen (secondary N) is 1. The van der Waals surface area contributed by atoms with E-state index in [1.807, 2.05) is 53.4 Å². The monoisotopic (exact) mass is 324 g/mol. The highest BCUT2D eigenvalue weighted by Gasteiger charge is 2.44. The third-order valence-electron chi connectivity index (χ3n) is 4.90. The second kappa shape index (κ2) is 6.19. The Bertz CT molecular complexity index is 759. The molecule has 4 nitrogen and oxygen atoms in total. The molecule has 3 rings (SSSR count). The molecule has 24 heavy (non-hydrogen) atoms. The summed E-state index contributed by atoms with van der Waals surface area (Å²) in [7, 11) is 1.66. The van der Waals surface area contributed by atoms with Crippen LogP contribution in [0.15, 0.2) is 48.5 Å². The quantitative estimate of drug-likeness (QED) is 0.915. The molecule has 1 amide bonds. The summed E-state index contributed by atoms with van der Waals surface area (Å²) >= 11 is 0. The first-order chi connectivity index (χ1) is 11.5. The zero-order chi connectivity index (χ0) is 17.3. The maximum Gasteiger partial charge on any atom is 0.258 e. The number of nitrogens with zero attached hydrogens (tertiary/aromatic N) is 1. The van der Waals surface area contributed by atoms with Gasteiger partial charge in [-0.2, -0.15) is 0 Å². The van der Waals surface area contributed by atoms with Crippen LogP contribution in [0.4, 0.5) is 5.69 Å². The van der Waals surface area contributed by atoms with E-state index in [0.29, 0.717) is 0 Å². The predicted octanol–water partition coefficient (Wildman–Crippen LogP) is 4.23. The topological polar surface area (TPSA) is 41.6 Å². The van der Waals surface area contributed by atoms with E-state index in [1.165, 1.54) is 0 Å². The summed E-state index contributed by atoms with van der Waals surface area (Å²) in [5, 5.41) is 3.59. The molecule has 2 unspecified atom stereocenters. The minimum atomic E-state index is -0.630. The van der Waals surface area contributed by atoms with Crippen LogP contribution >= 0.6 is 0 Å². The summed E-state index contributed by atoms with van der Waals surface area (Å²) in [4.78, 5) is 15.2. The van der Waals surface area contributed by atoms with Crippen LogP contribution in [-0.2, 0) is 5.66 Å². The number of rotatable bonds is 4. The smallest absolute Gasteiger partial charge is 0.258 e. The lowest BCUT2D eigenvalue weighted by Gasteiger charge is -2.49. The van der Waals surface area contributed by atoms with Gasteiger partial charge in [0.05, 0.1) is 12.7 Å². The van der Waals surface area contributed by atoms with E-state index in [0.717, 1.165) is 29.0 Å². The normalized spacial score (nSPS) is 21.0. The second-order valence-corrected chi connectivity index (χ2v) is 6.41. The summed E-state index contributed by atoms with van der Waals surface area (Å²) in [5.74, 6) is 0.843. The van der Waals surface area contributed by atoms with E-state index in [9.17, 15) is 4.79 Å². The van der Waals surface area contributed by atoms with E-state index in [-0.39, 0.29) is 11.9 Å². The van der Waals surface area contributed by atoms with Crippen LogP contribution in [-0.4, -0.2) is 24.0 Å². The van der Waals surface area contributed by atoms with E-state index in [2.05, 4.69) is 26.1 Å². The fourth-order valence-electron chi connectivity index (χ4n) is 3.39. The Balaban J connectivity index is 2.17. The molecule has 126 valence electrons. The standard InChI is InChI=1S/C20H24N2O2/c1-5-14(2)22-19(23)17-11-6-7-12-18(17)21-20(22,3)15-9-8-10-16(13-15)24-4/h6-14,21H,5H2,1-4H3. The van der Waals surface area contributed by atoms with Gasteiger partial charge in [0, 0.05) is 17.3 Å². The predicted molar refractivity (Wildman–Crippen MR) is 96.3 cm³/mol. The summed E-state index contributed by atoms with van der Waals surface area (Å²) in [5.41, 5.74) is 1.96. The number of ether oxygens (including phenoxy) is 1. The largest absolute Gasteiger partial charge is 0.497 e. The van der Waals surface area contributed by atoms with Crippen LogP contribution in [0.3, 0.4) is 0 Å². The number of benzene rings is 2. The Hall–Kier alpha value is -2.49. The number of hydrogen-bond acceptors (Lipinski definition) is 3. The summed E-state index contributed by atoms with van der Waals surface area (Å²) in [6, 6.07) is 15.7. The molecule has 0 bridgehead atoms. The lowest BCUT2D eigenvalue weighted by molar-refractivity contribution is 0.0399. The number of para-hydroxylation sites is 1. The lowest BCUT2D eigenvalue weighted by Crippen LogP contribution is -2.58. The number of hydrogen-bond donors (Lipinski definition) is 1. The van der Waals surface area contributed by atoms with Gasteiger partial charge >= 0.3 is 0 Å². The van der Waals surface area contributed by atoms with Crippen LogP contribution in [0.25, 0.3) is 0 Å². The van der Waals surface area contributed by atoms with Gasteiger partial charge in [-0.25, -0.2) is 0 Å². The van der Waals surface area contributed by atoms with Gasteiger partial charge in [0.2, 0.25) is 0 Å². The first-order valence-electron chi connectivity index (χ1n) is 8.36. The molecular formula is C20H24N2O2. The molecule has 1 N–H and O–H groups in total. The van der Waals surface area contributed by atoms with E-state index >= 15 is 0 Å². The minimum absolute atomic E-state index is 0.0593. The molecule has 0 fully saturated rings. The van der Waals surface area contributed by atoms with Crippen molar-refractivity contribution >= 4 is 11.6 Å². The molecule has 1 aliphatic heterocycles. The summed E-state index contributed by atoms with van der Waals surface area (Å²) in [6.45, 7) is 6.25. The van der Waals surface area contributed by atoms with Gasteiger partial charge < -0.3 is 15.0 Å². The fraction of sp³-hybridized carbons (Fsp3) is 0.350. The highest BCUT2D eigenvalue weighted by Crippen LogP contribution is 2.40. The van der Waals surface area contributed by atoms with Gasteiger partial charge in [-0.05, 0) is 44.5 Å². The van der Waals surface area contributed by atoms with Crippen LogP contribution < -0.4 is 10.1 Å². The van der Waals surface area contributed by atoms with Crippen molar-refractivity contribution in [3.8, 4) is 5.75 Å². The van der Waals surface area contributed by atoms with Crippen LogP contribution in [0, 0.1) is 0 Å². The van der Waals surface area contributed by atoms with Gasteiger partial charge in [0.15, 0.2) is 0 Å². The molecule has 0 aliphatic carbocycles. The van der Waals surface area contributed by atoms with Crippen molar-refractivity contribution in [3.63, 3.8) is 0 Å². The number of fused-ring (bicyclic) bond motifs is 1. The molecule has 0 radical (unpaired) electrons. The van der Waals surface area contributed by atoms with Gasteiger partial charge in [-0.15, -0.1) is 0 Å². The zero-order valence-electron chi connectivity index (χ0n) is 14.7. The Morgan fingerprint density at radius 2 is 1.96 bits per heavy atom. The first-order valence-corrected chi connectivity index (χ1v) is 8.36. The van der Waals surface area contributed by atoms with Crippen molar-refractivity contribution in [2.24, 2.45) is 0 Å². The first kappa shape index (κ1) is 16.4. The number of amides is 1. The van der Waals surface area contributed by atoms with E-state index in [1.54, 1.807) is 7.11 Å². The third kappa shape index (κ3) is 2.52. The second-order valence-electron chi connectivity index (χ2n) is 6.41. The molecule has 0 aromatic heterocycles. The highest BCUT2D eigenvalue weighted by molar-refractivity contribution is 6.02. The number of anilines is 1. The van der Waals surface area contributed by atoms with Gasteiger partial charge in [0.1, 0.15) is 11.4 Å². The van der Waals surface area contributed by atoms with Crippen molar-refractivity contribution in [2.45, 2.75) is 38.9 Å². The van der Waals surface area contributed by atoms with Crippen molar-refractivity contribution in [1.29, 1.82) is 0 Å². The van der Waals surface area contributed by atoms with Crippen molar-refractivity contribution in [3.05, 3.63) is 59.7 Å². The molecule has 0 saturated heterocycles. The Morgan fingerprint density at radius 3 is 2.67 bits per heavy atom. The lowest BCUT2D eigenvalue weighted by atomic mass is 9.91. The van der Waals surface area contributed by atoms with Crippen LogP contribution in [0.5, 0.6) is 5.75 Å². The molecule has 4 heteroatoms. The summed E-state index contributed by atoms with van der Waals surface area (Å²) in [6.07, 6.45) is 0.884. The Morgan fingerprint density at radius 1 is 1.21 bits per heavy atom. The molecule has 2 atom stereocenters. The van der Waals surface area contributed by atoms with Crippen LogP contribution in [0.2, 0.25) is 0 Å². The molecule has 2 aromatic rings. The maximum absolute atomic E-state index is 13.2. The molecular weight excluding hydrogens is 300 g/mol. The van der Waals surface area contributed by atoms with Gasteiger partial charge in [-0.3, -0.25) is 4.79 Å². The molecule has 0 spiro atoms. The van der Waals surface area contributed by atoms with E-state index < -0.39 is 5.66 Å². The fourth-order valence-corrected chi connectivity index (χ4v) is 3.39.